The number of rotatable bonds is 5. The van der Waals surface area contributed by atoms with Crippen LogP contribution < -0.4 is 5.32 Å². The van der Waals surface area contributed by atoms with Crippen LogP contribution in [0.25, 0.3) is 11.1 Å². The lowest BCUT2D eigenvalue weighted by molar-refractivity contribution is -0.137. The van der Waals surface area contributed by atoms with E-state index in [2.05, 4.69) is 17.4 Å². The molecule has 0 amide bonds. The topological polar surface area (TPSA) is 12.0 Å². The number of hydrogen-bond acceptors (Lipinski definition) is 1. The van der Waals surface area contributed by atoms with Crippen LogP contribution in [0.5, 0.6) is 0 Å². The van der Waals surface area contributed by atoms with Crippen LogP contribution in [0.4, 0.5) is 18.9 Å². The van der Waals surface area contributed by atoms with Gasteiger partial charge in [-0.25, -0.2) is 0 Å². The summed E-state index contributed by atoms with van der Waals surface area (Å²) in [6.45, 7) is 0.823. The standard InChI is InChI=1S/C21H18F3N/c22-21(23,24)19-10-6-17(7-11-19)18-8-12-20(13-9-18)25-15-14-16-4-2-1-3-5-16/h1-13,25H,14-15H2. The highest BCUT2D eigenvalue weighted by atomic mass is 19.4. The second-order valence-electron chi connectivity index (χ2n) is 5.81. The minimum absolute atomic E-state index is 0.629. The summed E-state index contributed by atoms with van der Waals surface area (Å²) in [5.74, 6) is 0. The van der Waals surface area contributed by atoms with Crippen LogP contribution in [-0.2, 0) is 12.6 Å². The molecule has 3 aromatic rings. The van der Waals surface area contributed by atoms with E-state index in [0.29, 0.717) is 0 Å². The average molecular weight is 341 g/mol. The summed E-state index contributed by atoms with van der Waals surface area (Å²) in [7, 11) is 0. The quantitative estimate of drug-likeness (QED) is 0.598. The zero-order valence-corrected chi connectivity index (χ0v) is 13.6. The van der Waals surface area contributed by atoms with Crippen molar-refractivity contribution in [2.45, 2.75) is 12.6 Å². The van der Waals surface area contributed by atoms with Crippen molar-refractivity contribution in [3.05, 3.63) is 90.0 Å². The van der Waals surface area contributed by atoms with E-state index in [1.807, 2.05) is 42.5 Å². The molecule has 128 valence electrons. The van der Waals surface area contributed by atoms with E-state index in [9.17, 15) is 13.2 Å². The third kappa shape index (κ3) is 4.63. The molecule has 0 aromatic heterocycles. The molecule has 4 heteroatoms. The molecule has 0 aliphatic carbocycles. The predicted octanol–water partition coefficient (Wildman–Crippen LogP) is 6.03. The van der Waals surface area contributed by atoms with Gasteiger partial charge in [0.25, 0.3) is 0 Å². The highest BCUT2D eigenvalue weighted by Crippen LogP contribution is 2.31. The molecular formula is C21H18F3N. The Morgan fingerprint density at radius 3 is 1.80 bits per heavy atom. The molecule has 0 unspecified atom stereocenters. The Kier molecular flexibility index (Phi) is 5.08. The molecule has 1 nitrogen and oxygen atoms in total. The van der Waals surface area contributed by atoms with Crippen molar-refractivity contribution >= 4 is 5.69 Å². The van der Waals surface area contributed by atoms with Crippen molar-refractivity contribution in [3.63, 3.8) is 0 Å². The monoisotopic (exact) mass is 341 g/mol. The van der Waals surface area contributed by atoms with Crippen molar-refractivity contribution in [2.75, 3.05) is 11.9 Å². The van der Waals surface area contributed by atoms with Crippen LogP contribution in [-0.4, -0.2) is 6.54 Å². The maximum Gasteiger partial charge on any atom is 0.416 e. The zero-order chi connectivity index (χ0) is 17.7. The van der Waals surface area contributed by atoms with Gasteiger partial charge in [0.05, 0.1) is 5.56 Å². The molecule has 0 spiro atoms. The normalized spacial score (nSPS) is 11.3. The van der Waals surface area contributed by atoms with Crippen molar-refractivity contribution in [1.29, 1.82) is 0 Å². The number of halogens is 3. The van der Waals surface area contributed by atoms with Gasteiger partial charge in [-0.15, -0.1) is 0 Å². The number of nitrogens with one attached hydrogen (secondary N) is 1. The summed E-state index contributed by atoms with van der Waals surface area (Å²) in [5, 5.41) is 3.35. The largest absolute Gasteiger partial charge is 0.416 e. The van der Waals surface area contributed by atoms with E-state index in [1.165, 1.54) is 17.7 Å². The molecule has 25 heavy (non-hydrogen) atoms. The van der Waals surface area contributed by atoms with E-state index < -0.39 is 11.7 Å². The maximum atomic E-state index is 12.6. The van der Waals surface area contributed by atoms with E-state index in [-0.39, 0.29) is 0 Å². The predicted molar refractivity (Wildman–Crippen MR) is 95.5 cm³/mol. The summed E-state index contributed by atoms with van der Waals surface area (Å²) in [6, 6.07) is 23.2. The van der Waals surface area contributed by atoms with E-state index in [1.54, 1.807) is 0 Å². The van der Waals surface area contributed by atoms with Gasteiger partial charge in [0.2, 0.25) is 0 Å². The minimum Gasteiger partial charge on any atom is -0.385 e. The fourth-order valence-corrected chi connectivity index (χ4v) is 2.63. The molecule has 0 bridgehead atoms. The van der Waals surface area contributed by atoms with Gasteiger partial charge in [-0.05, 0) is 47.4 Å². The summed E-state index contributed by atoms with van der Waals surface area (Å²) in [6.07, 6.45) is -3.37. The Morgan fingerprint density at radius 1 is 0.680 bits per heavy atom. The molecule has 0 aliphatic heterocycles. The molecule has 0 aliphatic rings. The lowest BCUT2D eigenvalue weighted by Crippen LogP contribution is -2.04. The maximum absolute atomic E-state index is 12.6. The molecule has 0 saturated carbocycles. The molecule has 0 radical (unpaired) electrons. The molecule has 0 fully saturated rings. The third-order valence-electron chi connectivity index (χ3n) is 4.02. The second kappa shape index (κ2) is 7.43. The summed E-state index contributed by atoms with van der Waals surface area (Å²) in [4.78, 5) is 0. The molecule has 3 rings (SSSR count). The smallest absolute Gasteiger partial charge is 0.385 e. The molecule has 0 heterocycles. The van der Waals surface area contributed by atoms with Gasteiger partial charge in [-0.3, -0.25) is 0 Å². The minimum atomic E-state index is -4.30. The van der Waals surface area contributed by atoms with E-state index in [0.717, 1.165) is 41.9 Å². The van der Waals surface area contributed by atoms with Gasteiger partial charge in [-0.2, -0.15) is 13.2 Å². The van der Waals surface area contributed by atoms with Crippen LogP contribution in [0.1, 0.15) is 11.1 Å². The first kappa shape index (κ1) is 17.1. The van der Waals surface area contributed by atoms with Gasteiger partial charge in [0, 0.05) is 12.2 Å². The van der Waals surface area contributed by atoms with Crippen molar-refractivity contribution in [1.82, 2.24) is 0 Å². The average Bonchev–Trinajstić information content (AvgIpc) is 2.63. The SMILES string of the molecule is FC(F)(F)c1ccc(-c2ccc(NCCc3ccccc3)cc2)cc1. The lowest BCUT2D eigenvalue weighted by Gasteiger charge is -2.09. The Bertz CT molecular complexity index is 791. The first-order chi connectivity index (χ1) is 12.0. The van der Waals surface area contributed by atoms with Crippen LogP contribution in [0.3, 0.4) is 0 Å². The van der Waals surface area contributed by atoms with Gasteiger partial charge in [0.1, 0.15) is 0 Å². The van der Waals surface area contributed by atoms with Crippen LogP contribution in [0.15, 0.2) is 78.9 Å². The van der Waals surface area contributed by atoms with E-state index in [4.69, 9.17) is 0 Å². The molecular weight excluding hydrogens is 323 g/mol. The first-order valence-corrected chi connectivity index (χ1v) is 8.08. The number of alkyl halides is 3. The zero-order valence-electron chi connectivity index (χ0n) is 13.6. The molecule has 1 N–H and O–H groups in total. The number of hydrogen-bond donors (Lipinski definition) is 1. The lowest BCUT2D eigenvalue weighted by atomic mass is 10.0. The Labute approximate surface area is 145 Å². The highest BCUT2D eigenvalue weighted by molar-refractivity contribution is 5.66. The number of anilines is 1. The first-order valence-electron chi connectivity index (χ1n) is 8.08. The Balaban J connectivity index is 1.60. The van der Waals surface area contributed by atoms with E-state index >= 15 is 0 Å². The summed E-state index contributed by atoms with van der Waals surface area (Å²) < 4.78 is 37.8. The fourth-order valence-electron chi connectivity index (χ4n) is 2.63. The number of benzene rings is 3. The van der Waals surface area contributed by atoms with Crippen molar-refractivity contribution in [2.24, 2.45) is 0 Å². The second-order valence-corrected chi connectivity index (χ2v) is 5.81. The van der Waals surface area contributed by atoms with Gasteiger partial charge >= 0.3 is 6.18 Å². The van der Waals surface area contributed by atoms with Crippen molar-refractivity contribution < 1.29 is 13.2 Å². The Morgan fingerprint density at radius 2 is 1.24 bits per heavy atom. The fraction of sp³-hybridized carbons (Fsp3) is 0.143. The molecule has 3 aromatic carbocycles. The molecule has 0 saturated heterocycles. The van der Waals surface area contributed by atoms with Gasteiger partial charge in [0.15, 0.2) is 0 Å². The summed E-state index contributed by atoms with van der Waals surface area (Å²) in [5.41, 5.74) is 3.30. The van der Waals surface area contributed by atoms with Crippen LogP contribution in [0.2, 0.25) is 0 Å². The Hall–Kier alpha value is -2.75. The third-order valence-corrected chi connectivity index (χ3v) is 4.02. The molecule has 0 atom stereocenters. The van der Waals surface area contributed by atoms with Crippen LogP contribution >= 0.6 is 0 Å². The van der Waals surface area contributed by atoms with Crippen LogP contribution in [0, 0.1) is 0 Å². The van der Waals surface area contributed by atoms with Gasteiger partial charge in [-0.1, -0.05) is 54.6 Å². The highest BCUT2D eigenvalue weighted by Gasteiger charge is 2.29. The summed E-state index contributed by atoms with van der Waals surface area (Å²) >= 11 is 0. The van der Waals surface area contributed by atoms with Gasteiger partial charge < -0.3 is 5.32 Å². The van der Waals surface area contributed by atoms with Crippen molar-refractivity contribution in [3.8, 4) is 11.1 Å².